The number of rotatable bonds is 1. The highest BCUT2D eigenvalue weighted by Crippen LogP contribution is 2.23. The summed E-state index contributed by atoms with van der Waals surface area (Å²) >= 11 is 0. The molecule has 70 valence electrons. The number of nitrogen functional groups attached to an aromatic ring is 1. The Balaban J connectivity index is 2.58. The first-order valence-electron chi connectivity index (χ1n) is 4.41. The summed E-state index contributed by atoms with van der Waals surface area (Å²) in [5.74, 6) is 0. The molecule has 2 N–H and O–H groups in total. The van der Waals surface area contributed by atoms with Crippen LogP contribution in [-0.4, -0.2) is 9.97 Å². The molecule has 0 aliphatic rings. The summed E-state index contributed by atoms with van der Waals surface area (Å²) in [5.41, 5.74) is 9.19. The Hall–Kier alpha value is -1.90. The van der Waals surface area contributed by atoms with E-state index in [0.29, 0.717) is 5.69 Å². The van der Waals surface area contributed by atoms with Gasteiger partial charge >= 0.3 is 0 Å². The molecule has 0 unspecified atom stereocenters. The van der Waals surface area contributed by atoms with Crippen molar-refractivity contribution >= 4 is 5.69 Å². The van der Waals surface area contributed by atoms with Gasteiger partial charge in [-0.15, -0.1) is 0 Å². The molecule has 0 fully saturated rings. The maximum atomic E-state index is 5.89. The highest BCUT2D eigenvalue weighted by Gasteiger charge is 2.05. The Labute approximate surface area is 82.6 Å². The first-order chi connectivity index (χ1) is 6.79. The summed E-state index contributed by atoms with van der Waals surface area (Å²) in [4.78, 5) is 8.20. The van der Waals surface area contributed by atoms with Crippen LogP contribution in [0.15, 0.2) is 36.7 Å². The van der Waals surface area contributed by atoms with Crippen molar-refractivity contribution in [3.8, 4) is 11.3 Å². The number of aryl methyl sites for hydroxylation is 1. The van der Waals surface area contributed by atoms with Crippen LogP contribution in [0.3, 0.4) is 0 Å². The molecule has 0 atom stereocenters. The van der Waals surface area contributed by atoms with E-state index in [1.54, 1.807) is 0 Å². The lowest BCUT2D eigenvalue weighted by molar-refractivity contribution is 1.11. The van der Waals surface area contributed by atoms with E-state index in [1.807, 2.05) is 37.3 Å². The van der Waals surface area contributed by atoms with E-state index < -0.39 is 0 Å². The van der Waals surface area contributed by atoms with Gasteiger partial charge in [0.1, 0.15) is 6.33 Å². The van der Waals surface area contributed by atoms with E-state index in [2.05, 4.69) is 9.97 Å². The van der Waals surface area contributed by atoms with Gasteiger partial charge in [0.05, 0.1) is 17.1 Å². The Morgan fingerprint density at radius 1 is 1.07 bits per heavy atom. The highest BCUT2D eigenvalue weighted by molar-refractivity contribution is 5.73. The molecule has 1 aromatic heterocycles. The lowest BCUT2D eigenvalue weighted by Crippen LogP contribution is -1.98. The van der Waals surface area contributed by atoms with Gasteiger partial charge in [-0.3, -0.25) is 0 Å². The number of nitrogens with zero attached hydrogens (tertiary/aromatic N) is 2. The van der Waals surface area contributed by atoms with E-state index in [1.165, 1.54) is 6.33 Å². The molecule has 0 saturated heterocycles. The van der Waals surface area contributed by atoms with Gasteiger partial charge < -0.3 is 5.73 Å². The first-order valence-corrected chi connectivity index (χ1v) is 4.41. The molecule has 14 heavy (non-hydrogen) atoms. The fourth-order valence-electron chi connectivity index (χ4n) is 1.31. The lowest BCUT2D eigenvalue weighted by Gasteiger charge is -2.05. The zero-order chi connectivity index (χ0) is 9.97. The minimum absolute atomic E-state index is 0.652. The van der Waals surface area contributed by atoms with Gasteiger partial charge in [-0.1, -0.05) is 30.3 Å². The van der Waals surface area contributed by atoms with Crippen molar-refractivity contribution in [2.24, 2.45) is 0 Å². The Bertz CT molecular complexity index is 438. The summed E-state index contributed by atoms with van der Waals surface area (Å²) < 4.78 is 0. The predicted molar refractivity (Wildman–Crippen MR) is 56.6 cm³/mol. The summed E-state index contributed by atoms with van der Waals surface area (Å²) in [6.07, 6.45) is 1.54. The van der Waals surface area contributed by atoms with Crippen LogP contribution in [0.5, 0.6) is 0 Å². The third kappa shape index (κ3) is 1.44. The molecule has 0 aliphatic carbocycles. The topological polar surface area (TPSA) is 51.8 Å². The third-order valence-corrected chi connectivity index (χ3v) is 2.13. The largest absolute Gasteiger partial charge is 0.395 e. The van der Waals surface area contributed by atoms with Crippen LogP contribution < -0.4 is 5.73 Å². The summed E-state index contributed by atoms with van der Waals surface area (Å²) in [6, 6.07) is 9.86. The average Bonchev–Trinajstić information content (AvgIpc) is 2.23. The fraction of sp³-hybridized carbons (Fsp3) is 0.0909. The van der Waals surface area contributed by atoms with Gasteiger partial charge in [-0.25, -0.2) is 9.97 Å². The summed E-state index contributed by atoms with van der Waals surface area (Å²) in [6.45, 7) is 1.88. The van der Waals surface area contributed by atoms with Crippen LogP contribution in [0.4, 0.5) is 5.69 Å². The van der Waals surface area contributed by atoms with Crippen molar-refractivity contribution in [1.29, 1.82) is 0 Å². The van der Waals surface area contributed by atoms with Crippen LogP contribution in [-0.2, 0) is 0 Å². The second-order valence-electron chi connectivity index (χ2n) is 3.09. The average molecular weight is 185 g/mol. The van der Waals surface area contributed by atoms with Crippen LogP contribution >= 0.6 is 0 Å². The highest BCUT2D eigenvalue weighted by atomic mass is 14.9. The molecule has 2 rings (SSSR count). The van der Waals surface area contributed by atoms with Crippen molar-refractivity contribution in [3.05, 3.63) is 42.4 Å². The molecule has 1 heterocycles. The van der Waals surface area contributed by atoms with Crippen molar-refractivity contribution in [2.75, 3.05) is 5.73 Å². The number of anilines is 1. The second kappa shape index (κ2) is 3.46. The second-order valence-corrected chi connectivity index (χ2v) is 3.09. The molecule has 3 heteroatoms. The molecule has 0 bridgehead atoms. The Morgan fingerprint density at radius 3 is 2.50 bits per heavy atom. The summed E-state index contributed by atoms with van der Waals surface area (Å²) in [5, 5.41) is 0. The molecule has 0 radical (unpaired) electrons. The van der Waals surface area contributed by atoms with Gasteiger partial charge in [0, 0.05) is 5.56 Å². The van der Waals surface area contributed by atoms with Gasteiger partial charge in [0.25, 0.3) is 0 Å². The van der Waals surface area contributed by atoms with Gasteiger partial charge in [-0.05, 0) is 6.92 Å². The molecule has 0 aliphatic heterocycles. The van der Waals surface area contributed by atoms with Crippen molar-refractivity contribution < 1.29 is 0 Å². The lowest BCUT2D eigenvalue weighted by atomic mass is 10.1. The Kier molecular flexibility index (Phi) is 2.14. The van der Waals surface area contributed by atoms with Gasteiger partial charge in [0.15, 0.2) is 0 Å². The SMILES string of the molecule is Cc1ncnc(-c2ccccc2)c1N. The zero-order valence-electron chi connectivity index (χ0n) is 7.94. The molecular formula is C11H11N3. The minimum atomic E-state index is 0.652. The normalized spacial score (nSPS) is 10.1. The smallest absolute Gasteiger partial charge is 0.116 e. The number of hydrogen-bond acceptors (Lipinski definition) is 3. The molecular weight excluding hydrogens is 174 g/mol. The molecule has 1 aromatic carbocycles. The van der Waals surface area contributed by atoms with Crippen molar-refractivity contribution in [2.45, 2.75) is 6.92 Å². The van der Waals surface area contributed by atoms with E-state index in [4.69, 9.17) is 5.73 Å². The monoisotopic (exact) mass is 185 g/mol. The molecule has 2 aromatic rings. The summed E-state index contributed by atoms with van der Waals surface area (Å²) in [7, 11) is 0. The standard InChI is InChI=1S/C11H11N3/c1-8-10(12)11(14-7-13-8)9-5-3-2-4-6-9/h2-7H,12H2,1H3. The quantitative estimate of drug-likeness (QED) is 0.739. The molecule has 0 spiro atoms. The fourth-order valence-corrected chi connectivity index (χ4v) is 1.31. The number of hydrogen-bond donors (Lipinski definition) is 1. The van der Waals surface area contributed by atoms with Gasteiger partial charge in [0.2, 0.25) is 0 Å². The van der Waals surface area contributed by atoms with E-state index >= 15 is 0 Å². The predicted octanol–water partition coefficient (Wildman–Crippen LogP) is 2.03. The van der Waals surface area contributed by atoms with Crippen LogP contribution in [0.25, 0.3) is 11.3 Å². The number of nitrogens with two attached hydrogens (primary N) is 1. The maximum absolute atomic E-state index is 5.89. The van der Waals surface area contributed by atoms with Crippen molar-refractivity contribution in [3.63, 3.8) is 0 Å². The Morgan fingerprint density at radius 2 is 1.79 bits per heavy atom. The van der Waals surface area contributed by atoms with Crippen molar-refractivity contribution in [1.82, 2.24) is 9.97 Å². The van der Waals surface area contributed by atoms with E-state index in [-0.39, 0.29) is 0 Å². The van der Waals surface area contributed by atoms with E-state index in [9.17, 15) is 0 Å². The van der Waals surface area contributed by atoms with Crippen LogP contribution in [0.2, 0.25) is 0 Å². The van der Waals surface area contributed by atoms with E-state index in [0.717, 1.165) is 17.0 Å². The van der Waals surface area contributed by atoms with Crippen LogP contribution in [0, 0.1) is 6.92 Å². The number of aromatic nitrogens is 2. The molecule has 0 saturated carbocycles. The van der Waals surface area contributed by atoms with Crippen LogP contribution in [0.1, 0.15) is 5.69 Å². The maximum Gasteiger partial charge on any atom is 0.116 e. The third-order valence-electron chi connectivity index (χ3n) is 2.13. The first kappa shape index (κ1) is 8.69. The van der Waals surface area contributed by atoms with Gasteiger partial charge in [-0.2, -0.15) is 0 Å². The molecule has 3 nitrogen and oxygen atoms in total. The molecule has 0 amide bonds. The zero-order valence-corrected chi connectivity index (χ0v) is 7.94. The number of benzene rings is 1. The minimum Gasteiger partial charge on any atom is -0.395 e.